The predicted molar refractivity (Wildman–Crippen MR) is 83.7 cm³/mol. The number of carboxylic acids is 2. The summed E-state index contributed by atoms with van der Waals surface area (Å²) >= 11 is 0. The summed E-state index contributed by atoms with van der Waals surface area (Å²) in [6.45, 7) is 2.18. The third kappa shape index (κ3) is 12.2. The Hall–Kier alpha value is -1.59. The van der Waals surface area contributed by atoms with Crippen molar-refractivity contribution in [1.82, 2.24) is 5.32 Å². The minimum Gasteiger partial charge on any atom is -0.481 e. The number of carboxylic acid groups (broad SMARTS) is 2. The van der Waals surface area contributed by atoms with Crippen molar-refractivity contribution in [3.63, 3.8) is 0 Å². The van der Waals surface area contributed by atoms with Crippen LogP contribution in [0.25, 0.3) is 0 Å². The second kappa shape index (κ2) is 13.1. The first-order valence-electron chi connectivity index (χ1n) is 8.21. The highest BCUT2D eigenvalue weighted by Crippen LogP contribution is 2.09. The molecular formula is C16H29NO5. The fourth-order valence-electron chi connectivity index (χ4n) is 2.21. The van der Waals surface area contributed by atoms with Crippen LogP contribution in [0.15, 0.2) is 0 Å². The second-order valence-corrected chi connectivity index (χ2v) is 5.62. The molecule has 6 heteroatoms. The van der Waals surface area contributed by atoms with Crippen molar-refractivity contribution in [2.45, 2.75) is 83.6 Å². The maximum absolute atomic E-state index is 11.7. The number of unbranched alkanes of at least 4 members (excludes halogenated alkanes) is 7. The molecular weight excluding hydrogens is 286 g/mol. The summed E-state index contributed by atoms with van der Waals surface area (Å²) in [5.41, 5.74) is 0. The summed E-state index contributed by atoms with van der Waals surface area (Å²) in [6.07, 6.45) is 8.92. The molecule has 6 nitrogen and oxygen atoms in total. The van der Waals surface area contributed by atoms with Crippen LogP contribution in [0.2, 0.25) is 0 Å². The van der Waals surface area contributed by atoms with Crippen LogP contribution in [0.3, 0.4) is 0 Å². The second-order valence-electron chi connectivity index (χ2n) is 5.62. The molecule has 0 aromatic rings. The van der Waals surface area contributed by atoms with Gasteiger partial charge in [0.05, 0.1) is 0 Å². The number of amides is 1. The first-order chi connectivity index (χ1) is 10.5. The van der Waals surface area contributed by atoms with E-state index in [2.05, 4.69) is 12.2 Å². The monoisotopic (exact) mass is 315 g/mol. The zero-order valence-electron chi connectivity index (χ0n) is 13.5. The van der Waals surface area contributed by atoms with Crippen molar-refractivity contribution >= 4 is 17.8 Å². The molecule has 22 heavy (non-hydrogen) atoms. The van der Waals surface area contributed by atoms with Gasteiger partial charge in [-0.1, -0.05) is 51.9 Å². The first kappa shape index (κ1) is 20.4. The Kier molecular flexibility index (Phi) is 12.2. The van der Waals surface area contributed by atoms with Crippen LogP contribution < -0.4 is 5.32 Å². The first-order valence-corrected chi connectivity index (χ1v) is 8.21. The Morgan fingerprint density at radius 2 is 1.41 bits per heavy atom. The third-order valence-corrected chi connectivity index (χ3v) is 3.54. The van der Waals surface area contributed by atoms with Gasteiger partial charge in [0.25, 0.3) is 0 Å². The van der Waals surface area contributed by atoms with E-state index in [1.165, 1.54) is 32.1 Å². The van der Waals surface area contributed by atoms with Crippen LogP contribution in [-0.4, -0.2) is 34.1 Å². The highest BCUT2D eigenvalue weighted by Gasteiger charge is 2.20. The van der Waals surface area contributed by atoms with Gasteiger partial charge in [-0.3, -0.25) is 9.59 Å². The molecule has 0 unspecified atom stereocenters. The standard InChI is InChI=1S/C16H29NO5/c1-2-3-4-5-6-7-8-9-10-14(18)17-13(16(21)22)11-12-15(19)20/h13H,2-12H2,1H3,(H,17,18)(H,19,20)(H,21,22)/t13-/m0/s1. The van der Waals surface area contributed by atoms with E-state index in [0.717, 1.165) is 19.3 Å². The van der Waals surface area contributed by atoms with Gasteiger partial charge in [0, 0.05) is 12.8 Å². The SMILES string of the molecule is CCCCCCCCCCC(=O)N[C@@H](CCC(=O)O)C(=O)O. The van der Waals surface area contributed by atoms with Crippen LogP contribution in [0, 0.1) is 0 Å². The third-order valence-electron chi connectivity index (χ3n) is 3.54. The summed E-state index contributed by atoms with van der Waals surface area (Å²) < 4.78 is 0. The van der Waals surface area contributed by atoms with Gasteiger partial charge < -0.3 is 15.5 Å². The predicted octanol–water partition coefficient (Wildman–Crippen LogP) is 2.95. The molecule has 128 valence electrons. The average Bonchev–Trinajstić information content (AvgIpc) is 2.45. The van der Waals surface area contributed by atoms with Gasteiger partial charge >= 0.3 is 11.9 Å². The van der Waals surface area contributed by atoms with Crippen LogP contribution >= 0.6 is 0 Å². The molecule has 0 aliphatic carbocycles. The summed E-state index contributed by atoms with van der Waals surface area (Å²) in [7, 11) is 0. The van der Waals surface area contributed by atoms with Gasteiger partial charge in [0.2, 0.25) is 5.91 Å². The van der Waals surface area contributed by atoms with Gasteiger partial charge in [-0.2, -0.15) is 0 Å². The molecule has 0 rings (SSSR count). The molecule has 0 heterocycles. The largest absolute Gasteiger partial charge is 0.481 e. The molecule has 0 aliphatic heterocycles. The molecule has 0 spiro atoms. The maximum Gasteiger partial charge on any atom is 0.326 e. The molecule has 0 aromatic heterocycles. The minimum atomic E-state index is -1.19. The van der Waals surface area contributed by atoms with Crippen molar-refractivity contribution in [1.29, 1.82) is 0 Å². The van der Waals surface area contributed by atoms with E-state index in [0.29, 0.717) is 6.42 Å². The molecule has 1 atom stereocenters. The van der Waals surface area contributed by atoms with E-state index in [4.69, 9.17) is 10.2 Å². The average molecular weight is 315 g/mol. The molecule has 0 fully saturated rings. The van der Waals surface area contributed by atoms with E-state index in [1.54, 1.807) is 0 Å². The number of nitrogens with one attached hydrogen (secondary N) is 1. The molecule has 0 radical (unpaired) electrons. The zero-order valence-corrected chi connectivity index (χ0v) is 13.5. The summed E-state index contributed by atoms with van der Waals surface area (Å²) in [6, 6.07) is -1.11. The Balaban J connectivity index is 3.72. The van der Waals surface area contributed by atoms with Gasteiger partial charge in [-0.25, -0.2) is 4.79 Å². The van der Waals surface area contributed by atoms with Gasteiger partial charge in [0.15, 0.2) is 0 Å². The van der Waals surface area contributed by atoms with Gasteiger partial charge in [0.1, 0.15) is 6.04 Å². The lowest BCUT2D eigenvalue weighted by atomic mass is 10.1. The maximum atomic E-state index is 11.7. The highest BCUT2D eigenvalue weighted by atomic mass is 16.4. The minimum absolute atomic E-state index is 0.0894. The van der Waals surface area contributed by atoms with Gasteiger partial charge in [-0.15, -0.1) is 0 Å². The Bertz CT molecular complexity index is 343. The Labute approximate surface area is 132 Å². The number of hydrogen-bond donors (Lipinski definition) is 3. The summed E-state index contributed by atoms with van der Waals surface area (Å²) in [5.74, 6) is -2.57. The Morgan fingerprint density at radius 1 is 0.864 bits per heavy atom. The molecule has 1 amide bonds. The lowest BCUT2D eigenvalue weighted by Crippen LogP contribution is -2.41. The lowest BCUT2D eigenvalue weighted by molar-refractivity contribution is -0.143. The fourth-order valence-corrected chi connectivity index (χ4v) is 2.21. The van der Waals surface area contributed by atoms with Crippen molar-refractivity contribution in [2.75, 3.05) is 0 Å². The van der Waals surface area contributed by atoms with Crippen molar-refractivity contribution < 1.29 is 24.6 Å². The summed E-state index contributed by atoms with van der Waals surface area (Å²) in [4.78, 5) is 33.0. The molecule has 3 N–H and O–H groups in total. The number of carbonyl (C=O) groups is 3. The van der Waals surface area contributed by atoms with Crippen LogP contribution in [0.5, 0.6) is 0 Å². The van der Waals surface area contributed by atoms with E-state index in [9.17, 15) is 14.4 Å². The zero-order chi connectivity index (χ0) is 16.8. The molecule has 0 aromatic carbocycles. The molecule has 0 aliphatic rings. The number of aliphatic carboxylic acids is 2. The van der Waals surface area contributed by atoms with E-state index < -0.39 is 18.0 Å². The van der Waals surface area contributed by atoms with Crippen LogP contribution in [-0.2, 0) is 14.4 Å². The summed E-state index contributed by atoms with van der Waals surface area (Å²) in [5, 5.41) is 19.9. The molecule has 0 saturated carbocycles. The fraction of sp³-hybridized carbons (Fsp3) is 0.812. The highest BCUT2D eigenvalue weighted by molar-refractivity contribution is 5.83. The topological polar surface area (TPSA) is 104 Å². The molecule has 0 bridgehead atoms. The normalized spacial score (nSPS) is 11.9. The van der Waals surface area contributed by atoms with E-state index in [-0.39, 0.29) is 18.7 Å². The quantitative estimate of drug-likeness (QED) is 0.428. The van der Waals surface area contributed by atoms with Crippen LogP contribution in [0.1, 0.15) is 77.6 Å². The number of carbonyl (C=O) groups excluding carboxylic acids is 1. The molecule has 0 saturated heterocycles. The Morgan fingerprint density at radius 3 is 1.91 bits per heavy atom. The van der Waals surface area contributed by atoms with Crippen molar-refractivity contribution in [2.24, 2.45) is 0 Å². The van der Waals surface area contributed by atoms with Crippen molar-refractivity contribution in [3.05, 3.63) is 0 Å². The lowest BCUT2D eigenvalue weighted by Gasteiger charge is -2.13. The van der Waals surface area contributed by atoms with E-state index >= 15 is 0 Å². The van der Waals surface area contributed by atoms with E-state index in [1.807, 2.05) is 0 Å². The van der Waals surface area contributed by atoms with Gasteiger partial charge in [-0.05, 0) is 12.8 Å². The van der Waals surface area contributed by atoms with Crippen LogP contribution in [0.4, 0.5) is 0 Å². The smallest absolute Gasteiger partial charge is 0.326 e. The number of hydrogen-bond acceptors (Lipinski definition) is 3. The number of rotatable bonds is 14. The van der Waals surface area contributed by atoms with Crippen molar-refractivity contribution in [3.8, 4) is 0 Å².